The van der Waals surface area contributed by atoms with Gasteiger partial charge in [0.25, 0.3) is 0 Å². The number of carbonyl (C=O) groups excluding carboxylic acids is 1. The van der Waals surface area contributed by atoms with Gasteiger partial charge in [0.15, 0.2) is 5.96 Å². The number of carbonyl (C=O) groups is 2. The first kappa shape index (κ1) is 19.7. The predicted molar refractivity (Wildman–Crippen MR) is 87.0 cm³/mol. The third-order valence-electron chi connectivity index (χ3n) is 3.06. The van der Waals surface area contributed by atoms with Crippen molar-refractivity contribution in [3.8, 4) is 0 Å². The number of nitrogens with two attached hydrogens (primary N) is 2. The zero-order valence-corrected chi connectivity index (χ0v) is 13.2. The second-order valence-electron chi connectivity index (χ2n) is 4.99. The van der Waals surface area contributed by atoms with E-state index in [-0.39, 0.29) is 19.4 Å². The van der Waals surface area contributed by atoms with E-state index in [9.17, 15) is 19.7 Å². The molecule has 1 aromatic carbocycles. The third-order valence-corrected chi connectivity index (χ3v) is 3.06. The lowest BCUT2D eigenvalue weighted by Crippen LogP contribution is -2.42. The SMILES string of the molecule is NC(N)=NC(CC[C@H](NC(=O)OCc1ccccc1)C(=O)O)[N+](=O)[O-]. The average molecular weight is 353 g/mol. The Balaban J connectivity index is 2.55. The topological polar surface area (TPSA) is 183 Å². The largest absolute Gasteiger partial charge is 0.480 e. The minimum absolute atomic E-state index is 0.0372. The zero-order chi connectivity index (χ0) is 18.8. The summed E-state index contributed by atoms with van der Waals surface area (Å²) in [5.74, 6) is -1.84. The molecule has 136 valence electrons. The molecule has 6 N–H and O–H groups in total. The maximum absolute atomic E-state index is 11.7. The first-order valence-corrected chi connectivity index (χ1v) is 7.22. The molecule has 1 aromatic rings. The van der Waals surface area contributed by atoms with Crippen molar-refractivity contribution in [2.45, 2.75) is 31.7 Å². The van der Waals surface area contributed by atoms with Crippen LogP contribution < -0.4 is 16.8 Å². The first-order valence-electron chi connectivity index (χ1n) is 7.22. The molecule has 0 bridgehead atoms. The van der Waals surface area contributed by atoms with Crippen LogP contribution in [0.4, 0.5) is 4.79 Å². The highest BCUT2D eigenvalue weighted by Gasteiger charge is 2.26. The van der Waals surface area contributed by atoms with Gasteiger partial charge in [-0.15, -0.1) is 0 Å². The number of nitrogens with one attached hydrogen (secondary N) is 1. The van der Waals surface area contributed by atoms with E-state index in [0.717, 1.165) is 5.56 Å². The van der Waals surface area contributed by atoms with Gasteiger partial charge < -0.3 is 26.6 Å². The van der Waals surface area contributed by atoms with Gasteiger partial charge >= 0.3 is 18.2 Å². The molecule has 0 spiro atoms. The molecule has 11 heteroatoms. The summed E-state index contributed by atoms with van der Waals surface area (Å²) >= 11 is 0. The van der Waals surface area contributed by atoms with Crippen molar-refractivity contribution in [1.82, 2.24) is 5.32 Å². The van der Waals surface area contributed by atoms with Gasteiger partial charge in [-0.05, 0) is 12.0 Å². The van der Waals surface area contributed by atoms with Crippen molar-refractivity contribution in [3.05, 3.63) is 46.0 Å². The van der Waals surface area contributed by atoms with Crippen LogP contribution in [0.1, 0.15) is 18.4 Å². The molecule has 0 aliphatic heterocycles. The minimum Gasteiger partial charge on any atom is -0.480 e. The Morgan fingerprint density at radius 3 is 2.44 bits per heavy atom. The molecule has 0 aromatic heterocycles. The number of aliphatic carboxylic acids is 1. The number of carboxylic acids is 1. The maximum atomic E-state index is 11.7. The van der Waals surface area contributed by atoms with Gasteiger partial charge in [0, 0.05) is 11.3 Å². The Labute approximate surface area is 142 Å². The number of aliphatic imine (C=N–C) groups is 1. The van der Waals surface area contributed by atoms with E-state index in [1.165, 1.54) is 0 Å². The summed E-state index contributed by atoms with van der Waals surface area (Å²) in [6, 6.07) is 7.42. The molecule has 1 amide bonds. The highest BCUT2D eigenvalue weighted by atomic mass is 16.6. The van der Waals surface area contributed by atoms with Crippen LogP contribution in [0.3, 0.4) is 0 Å². The van der Waals surface area contributed by atoms with Crippen molar-refractivity contribution in [2.24, 2.45) is 16.5 Å². The van der Waals surface area contributed by atoms with Crippen molar-refractivity contribution < 1.29 is 24.4 Å². The number of guanidine groups is 1. The summed E-state index contributed by atoms with van der Waals surface area (Å²) in [7, 11) is 0. The normalized spacial score (nSPS) is 12.5. The van der Waals surface area contributed by atoms with Gasteiger partial charge in [-0.1, -0.05) is 30.3 Å². The number of nitro groups is 1. The molecular weight excluding hydrogens is 334 g/mol. The number of benzene rings is 1. The van der Waals surface area contributed by atoms with Gasteiger partial charge in [-0.3, -0.25) is 10.1 Å². The van der Waals surface area contributed by atoms with E-state index < -0.39 is 35.2 Å². The Kier molecular flexibility index (Phi) is 7.63. The van der Waals surface area contributed by atoms with E-state index in [4.69, 9.17) is 21.3 Å². The lowest BCUT2D eigenvalue weighted by molar-refractivity contribution is -0.521. The smallest absolute Gasteiger partial charge is 0.408 e. The Morgan fingerprint density at radius 1 is 1.28 bits per heavy atom. The number of nitrogens with zero attached hydrogens (tertiary/aromatic N) is 2. The molecule has 0 saturated carbocycles. The van der Waals surface area contributed by atoms with E-state index in [1.807, 2.05) is 0 Å². The summed E-state index contributed by atoms with van der Waals surface area (Å²) in [6.07, 6.45) is -2.97. The lowest BCUT2D eigenvalue weighted by Gasteiger charge is -2.15. The number of hydrogen-bond acceptors (Lipinski definition) is 6. The van der Waals surface area contributed by atoms with Gasteiger partial charge in [-0.2, -0.15) is 4.99 Å². The molecule has 25 heavy (non-hydrogen) atoms. The van der Waals surface area contributed by atoms with Gasteiger partial charge in [0.05, 0.1) is 0 Å². The zero-order valence-electron chi connectivity index (χ0n) is 13.2. The highest BCUT2D eigenvalue weighted by Crippen LogP contribution is 2.08. The first-order chi connectivity index (χ1) is 11.8. The Bertz CT molecular complexity index is 632. The fourth-order valence-corrected chi connectivity index (χ4v) is 1.87. The van der Waals surface area contributed by atoms with E-state index >= 15 is 0 Å². The second kappa shape index (κ2) is 9.70. The van der Waals surface area contributed by atoms with Crippen molar-refractivity contribution in [1.29, 1.82) is 0 Å². The van der Waals surface area contributed by atoms with Gasteiger partial charge in [0.2, 0.25) is 0 Å². The Hall–Kier alpha value is -3.37. The third kappa shape index (κ3) is 7.63. The van der Waals surface area contributed by atoms with Crippen molar-refractivity contribution in [3.63, 3.8) is 0 Å². The Morgan fingerprint density at radius 2 is 1.92 bits per heavy atom. The van der Waals surface area contributed by atoms with E-state index in [1.54, 1.807) is 30.3 Å². The van der Waals surface area contributed by atoms with Crippen LogP contribution in [0, 0.1) is 10.1 Å². The predicted octanol–water partition coefficient (Wildman–Crippen LogP) is 0.0224. The van der Waals surface area contributed by atoms with E-state index in [2.05, 4.69) is 10.3 Å². The van der Waals surface area contributed by atoms with Crippen LogP contribution in [0.2, 0.25) is 0 Å². The quantitative estimate of drug-likeness (QED) is 0.207. The molecule has 0 fully saturated rings. The van der Waals surface area contributed by atoms with Gasteiger partial charge in [-0.25, -0.2) is 9.59 Å². The van der Waals surface area contributed by atoms with Crippen molar-refractivity contribution in [2.75, 3.05) is 0 Å². The number of alkyl carbamates (subject to hydrolysis) is 1. The van der Waals surface area contributed by atoms with E-state index in [0.29, 0.717) is 0 Å². The maximum Gasteiger partial charge on any atom is 0.408 e. The lowest BCUT2D eigenvalue weighted by atomic mass is 10.1. The number of amides is 1. The average Bonchev–Trinajstić information content (AvgIpc) is 2.55. The molecule has 2 atom stereocenters. The molecule has 11 nitrogen and oxygen atoms in total. The van der Waals surface area contributed by atoms with Crippen LogP contribution in [-0.2, 0) is 16.1 Å². The monoisotopic (exact) mass is 353 g/mol. The van der Waals surface area contributed by atoms with Crippen LogP contribution in [0.15, 0.2) is 35.3 Å². The van der Waals surface area contributed by atoms with Crippen molar-refractivity contribution >= 4 is 18.0 Å². The highest BCUT2D eigenvalue weighted by molar-refractivity contribution is 5.79. The number of carboxylic acid groups (broad SMARTS) is 1. The number of hydrogen-bond donors (Lipinski definition) is 4. The van der Waals surface area contributed by atoms with Gasteiger partial charge in [0.1, 0.15) is 12.6 Å². The molecular formula is C14H19N5O6. The van der Waals surface area contributed by atoms with Crippen LogP contribution in [0.5, 0.6) is 0 Å². The van der Waals surface area contributed by atoms with Crippen LogP contribution in [-0.4, -0.2) is 40.3 Å². The summed E-state index contributed by atoms with van der Waals surface area (Å²) < 4.78 is 4.91. The summed E-state index contributed by atoms with van der Waals surface area (Å²) in [4.78, 5) is 36.4. The summed E-state index contributed by atoms with van der Waals surface area (Å²) in [5, 5.41) is 22.1. The molecule has 1 unspecified atom stereocenters. The number of rotatable bonds is 9. The molecule has 1 rings (SSSR count). The summed E-state index contributed by atoms with van der Waals surface area (Å²) in [5.41, 5.74) is 10.9. The molecule has 0 saturated heterocycles. The summed E-state index contributed by atoms with van der Waals surface area (Å²) in [6.45, 7) is -0.0372. The molecule has 0 heterocycles. The number of ether oxygens (including phenoxy) is 1. The molecule has 0 aliphatic carbocycles. The minimum atomic E-state index is -1.49. The molecule has 0 aliphatic rings. The standard InChI is InChI=1S/C14H19N5O6/c15-13(16)18-11(19(23)24)7-6-10(12(20)21)17-14(22)25-8-9-4-2-1-3-5-9/h1-5,10-11H,6-8H2,(H,17,22)(H,20,21)(H4,15,16,18)/t10-,11?/m0/s1. The molecule has 0 radical (unpaired) electrons. The fourth-order valence-electron chi connectivity index (χ4n) is 1.87. The van der Waals surface area contributed by atoms with Crippen LogP contribution in [0.25, 0.3) is 0 Å². The fraction of sp³-hybridized carbons (Fsp3) is 0.357. The second-order valence-corrected chi connectivity index (χ2v) is 4.99. The van der Waals surface area contributed by atoms with Crippen LogP contribution >= 0.6 is 0 Å².